The average Bonchev–Trinajstić information content (AvgIpc) is 3.17. The van der Waals surface area contributed by atoms with Crippen LogP contribution in [0.5, 0.6) is 0 Å². The molecule has 0 aliphatic carbocycles. The standard InChI is InChI=1S/C20H19BrFN5O2S/c1-10-7-13-17(16(22)15(10)21)25-19(30-2)14-9-24-27(18(13)14)12-4-6-26(20(28)29)11(8-12)3-5-23/h7,9,11-12H,3-4,6,8H2,1-2H3,(H,28,29). The Bertz CT molecular complexity index is 1210. The number of aromatic nitrogens is 3. The molecule has 1 fully saturated rings. The number of likely N-dealkylation sites (tertiary alicyclic amines) is 1. The molecule has 1 aromatic carbocycles. The predicted molar refractivity (Wildman–Crippen MR) is 116 cm³/mol. The van der Waals surface area contributed by atoms with Crippen LogP contribution in [0.15, 0.2) is 21.8 Å². The Morgan fingerprint density at radius 1 is 1.50 bits per heavy atom. The van der Waals surface area contributed by atoms with Gasteiger partial charge in [-0.2, -0.15) is 10.4 Å². The van der Waals surface area contributed by atoms with Gasteiger partial charge in [0, 0.05) is 11.9 Å². The lowest BCUT2D eigenvalue weighted by atomic mass is 9.95. The van der Waals surface area contributed by atoms with Crippen molar-refractivity contribution in [3.05, 3.63) is 28.1 Å². The van der Waals surface area contributed by atoms with Crippen LogP contribution < -0.4 is 0 Å². The van der Waals surface area contributed by atoms with Gasteiger partial charge in [0.15, 0.2) is 5.82 Å². The van der Waals surface area contributed by atoms with Gasteiger partial charge in [0.2, 0.25) is 0 Å². The number of thioether (sulfide) groups is 1. The molecular weight excluding hydrogens is 473 g/mol. The average molecular weight is 492 g/mol. The second-order valence-corrected chi connectivity index (χ2v) is 8.95. The number of carbonyl (C=O) groups is 1. The molecule has 1 aliphatic rings. The molecule has 3 aromatic rings. The summed E-state index contributed by atoms with van der Waals surface area (Å²) in [5.74, 6) is -0.405. The van der Waals surface area contributed by atoms with E-state index in [0.717, 1.165) is 16.5 Å². The number of hydrogen-bond donors (Lipinski definition) is 1. The van der Waals surface area contributed by atoms with E-state index >= 15 is 4.39 Å². The number of carboxylic acid groups (broad SMARTS) is 1. The number of rotatable bonds is 3. The van der Waals surface area contributed by atoms with Crippen LogP contribution in [0, 0.1) is 24.1 Å². The summed E-state index contributed by atoms with van der Waals surface area (Å²) < 4.78 is 17.3. The molecule has 156 valence electrons. The predicted octanol–water partition coefficient (Wildman–Crippen LogP) is 5.11. The third-order valence-corrected chi connectivity index (χ3v) is 7.33. The van der Waals surface area contributed by atoms with Crippen LogP contribution in [0.25, 0.3) is 21.8 Å². The molecule has 1 aliphatic heterocycles. The molecule has 7 nitrogen and oxygen atoms in total. The number of halogens is 2. The molecule has 2 atom stereocenters. The van der Waals surface area contributed by atoms with E-state index in [1.165, 1.54) is 16.7 Å². The molecular formula is C20H19BrFN5O2S. The lowest BCUT2D eigenvalue weighted by Crippen LogP contribution is -2.45. The largest absolute Gasteiger partial charge is 0.465 e. The van der Waals surface area contributed by atoms with E-state index in [1.807, 2.05) is 23.9 Å². The first-order valence-corrected chi connectivity index (χ1v) is 11.4. The highest BCUT2D eigenvalue weighted by molar-refractivity contribution is 9.10. The lowest BCUT2D eigenvalue weighted by molar-refractivity contribution is 0.0915. The maximum Gasteiger partial charge on any atom is 0.407 e. The maximum absolute atomic E-state index is 15.0. The number of nitriles is 1. The van der Waals surface area contributed by atoms with Gasteiger partial charge in [0.25, 0.3) is 0 Å². The van der Waals surface area contributed by atoms with E-state index in [-0.39, 0.29) is 18.0 Å². The van der Waals surface area contributed by atoms with E-state index in [9.17, 15) is 9.90 Å². The number of aryl methyl sites for hydroxylation is 1. The molecule has 10 heteroatoms. The van der Waals surface area contributed by atoms with Crippen molar-refractivity contribution < 1.29 is 14.3 Å². The van der Waals surface area contributed by atoms with Crippen molar-refractivity contribution in [2.75, 3.05) is 12.8 Å². The Labute approximate surface area is 185 Å². The second-order valence-electron chi connectivity index (χ2n) is 7.36. The molecule has 1 N–H and O–H groups in total. The van der Waals surface area contributed by atoms with Crippen LogP contribution in [-0.2, 0) is 0 Å². The molecule has 2 unspecified atom stereocenters. The third kappa shape index (κ3) is 3.30. The first-order valence-electron chi connectivity index (χ1n) is 9.43. The van der Waals surface area contributed by atoms with Crippen molar-refractivity contribution in [3.63, 3.8) is 0 Å². The Hall–Kier alpha value is -2.38. The van der Waals surface area contributed by atoms with Gasteiger partial charge < -0.3 is 10.0 Å². The van der Waals surface area contributed by atoms with Gasteiger partial charge in [-0.25, -0.2) is 14.2 Å². The third-order valence-electron chi connectivity index (χ3n) is 5.66. The minimum Gasteiger partial charge on any atom is -0.465 e. The Kier molecular flexibility index (Phi) is 5.59. The minimum absolute atomic E-state index is 0.0937. The Balaban J connectivity index is 1.90. The topological polar surface area (TPSA) is 95.0 Å². The van der Waals surface area contributed by atoms with Crippen LogP contribution in [0.2, 0.25) is 0 Å². The number of hydrogen-bond acceptors (Lipinski definition) is 5. The molecule has 1 amide bonds. The van der Waals surface area contributed by atoms with Crippen LogP contribution in [-0.4, -0.2) is 49.7 Å². The van der Waals surface area contributed by atoms with Crippen molar-refractivity contribution in [2.45, 2.75) is 43.3 Å². The van der Waals surface area contributed by atoms with Crippen molar-refractivity contribution in [1.82, 2.24) is 19.7 Å². The zero-order chi connectivity index (χ0) is 21.6. The second kappa shape index (κ2) is 8.04. The molecule has 30 heavy (non-hydrogen) atoms. The van der Waals surface area contributed by atoms with Crippen LogP contribution in [0.3, 0.4) is 0 Å². The fourth-order valence-electron chi connectivity index (χ4n) is 4.22. The number of piperidine rings is 1. The summed E-state index contributed by atoms with van der Waals surface area (Å²) in [6.07, 6.45) is 3.79. The van der Waals surface area contributed by atoms with E-state index in [2.05, 4.69) is 32.1 Å². The number of nitrogens with zero attached hydrogens (tertiary/aromatic N) is 5. The normalized spacial score (nSPS) is 19.4. The molecule has 0 bridgehead atoms. The summed E-state index contributed by atoms with van der Waals surface area (Å²) >= 11 is 4.74. The lowest BCUT2D eigenvalue weighted by Gasteiger charge is -2.37. The molecule has 4 rings (SSSR count). The number of fused-ring (bicyclic) bond motifs is 3. The van der Waals surface area contributed by atoms with Crippen molar-refractivity contribution in [1.29, 1.82) is 5.26 Å². The fraction of sp³-hybridized carbons (Fsp3) is 0.400. The Morgan fingerprint density at radius 2 is 2.27 bits per heavy atom. The SMILES string of the molecule is CSc1nc2c(F)c(Br)c(C)cc2c2c1cnn2C1CCN(C(=O)O)C(CC#N)C1. The molecule has 3 heterocycles. The van der Waals surface area contributed by atoms with Crippen LogP contribution in [0.1, 0.15) is 30.9 Å². The van der Waals surface area contributed by atoms with Gasteiger partial charge in [-0.15, -0.1) is 11.8 Å². The van der Waals surface area contributed by atoms with E-state index in [4.69, 9.17) is 5.26 Å². The Morgan fingerprint density at radius 3 is 2.93 bits per heavy atom. The quantitative estimate of drug-likeness (QED) is 0.511. The zero-order valence-corrected chi connectivity index (χ0v) is 18.8. The van der Waals surface area contributed by atoms with Gasteiger partial charge >= 0.3 is 6.09 Å². The molecule has 2 aromatic heterocycles. The highest BCUT2D eigenvalue weighted by atomic mass is 79.9. The smallest absolute Gasteiger partial charge is 0.407 e. The number of pyridine rings is 1. The number of amides is 1. The summed E-state index contributed by atoms with van der Waals surface area (Å²) in [5, 5.41) is 25.4. The van der Waals surface area contributed by atoms with Gasteiger partial charge in [0.05, 0.1) is 46.1 Å². The van der Waals surface area contributed by atoms with Gasteiger partial charge in [-0.3, -0.25) is 4.68 Å². The van der Waals surface area contributed by atoms with Gasteiger partial charge in [-0.05, 0) is 53.6 Å². The first-order chi connectivity index (χ1) is 14.4. The fourth-order valence-corrected chi connectivity index (χ4v) is 5.07. The maximum atomic E-state index is 15.0. The summed E-state index contributed by atoms with van der Waals surface area (Å²) in [7, 11) is 0. The highest BCUT2D eigenvalue weighted by Crippen LogP contribution is 2.38. The monoisotopic (exact) mass is 491 g/mol. The summed E-state index contributed by atoms with van der Waals surface area (Å²) in [6, 6.07) is 3.50. The van der Waals surface area contributed by atoms with Gasteiger partial charge in [0.1, 0.15) is 10.5 Å². The van der Waals surface area contributed by atoms with E-state index in [0.29, 0.717) is 34.3 Å². The minimum atomic E-state index is -1.01. The summed E-state index contributed by atoms with van der Waals surface area (Å²) in [4.78, 5) is 17.4. The molecule has 1 saturated heterocycles. The van der Waals surface area contributed by atoms with E-state index < -0.39 is 18.0 Å². The van der Waals surface area contributed by atoms with Crippen molar-refractivity contribution >= 4 is 55.6 Å². The molecule has 0 radical (unpaired) electrons. The van der Waals surface area contributed by atoms with Crippen molar-refractivity contribution in [2.24, 2.45) is 0 Å². The highest BCUT2D eigenvalue weighted by Gasteiger charge is 2.33. The summed E-state index contributed by atoms with van der Waals surface area (Å²) in [5.41, 5.74) is 1.83. The van der Waals surface area contributed by atoms with Crippen molar-refractivity contribution in [3.8, 4) is 6.07 Å². The first kappa shape index (κ1) is 20.9. The van der Waals surface area contributed by atoms with Crippen LogP contribution >= 0.6 is 27.7 Å². The molecule has 0 saturated carbocycles. The van der Waals surface area contributed by atoms with E-state index in [1.54, 1.807) is 6.20 Å². The van der Waals surface area contributed by atoms with Crippen LogP contribution in [0.4, 0.5) is 9.18 Å². The zero-order valence-electron chi connectivity index (χ0n) is 16.4. The number of benzene rings is 1. The van der Waals surface area contributed by atoms with Gasteiger partial charge in [-0.1, -0.05) is 0 Å². The molecule has 0 spiro atoms. The summed E-state index contributed by atoms with van der Waals surface area (Å²) in [6.45, 7) is 2.15.